The standard InChI is InChI=1S/C86H165NO5/c1-3-5-7-9-11-13-15-17-19-20-21-22-23-39-42-45-48-51-54-58-62-66-70-74-78-84(89)83(82-88)87-85(90)79-75-71-67-63-59-55-52-49-46-43-40-37-35-33-31-29-27-25-24-26-28-30-32-34-36-38-41-44-47-50-53-57-61-65-69-73-77-81-92-86(91)80-76-72-68-64-60-56-18-16-14-12-10-8-6-4-2/h10,12,16,18,74,78,83-84,88-89H,3-9,11,13-15,17,19-73,75-77,79-82H2,1-2H3,(H,87,90)/b12-10-,18-16-,78-74+. The van der Waals surface area contributed by atoms with Crippen LogP contribution in [0.1, 0.15) is 476 Å². The molecule has 0 radical (unpaired) electrons. The Morgan fingerprint density at radius 2 is 0.554 bits per heavy atom. The maximum absolute atomic E-state index is 12.6. The van der Waals surface area contributed by atoms with Crippen molar-refractivity contribution < 1.29 is 24.5 Å². The van der Waals surface area contributed by atoms with E-state index in [1.165, 1.54) is 398 Å². The molecular weight excluding hydrogens is 1130 g/mol. The summed E-state index contributed by atoms with van der Waals surface area (Å²) in [5, 5.41) is 23.3. The summed E-state index contributed by atoms with van der Waals surface area (Å²) in [5.74, 6) is -0.0476. The number of carbonyl (C=O) groups excluding carboxylic acids is 2. The summed E-state index contributed by atoms with van der Waals surface area (Å²) in [6, 6.07) is -0.625. The van der Waals surface area contributed by atoms with Gasteiger partial charge in [-0.15, -0.1) is 0 Å². The van der Waals surface area contributed by atoms with Crippen LogP contribution in [-0.2, 0) is 14.3 Å². The van der Waals surface area contributed by atoms with Crippen LogP contribution in [0, 0.1) is 0 Å². The quantitative estimate of drug-likeness (QED) is 0.0320. The number of rotatable bonds is 80. The average molecular weight is 1290 g/mol. The Kier molecular flexibility index (Phi) is 79.8. The highest BCUT2D eigenvalue weighted by molar-refractivity contribution is 5.76. The summed E-state index contributed by atoms with van der Waals surface area (Å²) in [6.45, 7) is 4.91. The van der Waals surface area contributed by atoms with Crippen LogP contribution in [0.4, 0.5) is 0 Å². The summed E-state index contributed by atoms with van der Waals surface area (Å²) in [6.07, 6.45) is 107. The number of carbonyl (C=O) groups is 2. The molecule has 2 atom stereocenters. The summed E-state index contributed by atoms with van der Waals surface area (Å²) in [4.78, 5) is 24.6. The molecule has 0 aliphatic carbocycles. The predicted molar refractivity (Wildman–Crippen MR) is 407 cm³/mol. The number of ether oxygens (including phenoxy) is 1. The van der Waals surface area contributed by atoms with Crippen LogP contribution in [-0.4, -0.2) is 47.4 Å². The second-order valence-corrected chi connectivity index (χ2v) is 29.2. The Morgan fingerprint density at radius 1 is 0.304 bits per heavy atom. The third kappa shape index (κ3) is 77.1. The van der Waals surface area contributed by atoms with Crippen molar-refractivity contribution in [1.82, 2.24) is 5.32 Å². The first-order chi connectivity index (χ1) is 45.5. The molecule has 6 heteroatoms. The van der Waals surface area contributed by atoms with Crippen LogP contribution in [0.2, 0.25) is 0 Å². The third-order valence-corrected chi connectivity index (χ3v) is 19.9. The second kappa shape index (κ2) is 81.5. The van der Waals surface area contributed by atoms with Crippen molar-refractivity contribution in [3.8, 4) is 0 Å². The zero-order valence-corrected chi connectivity index (χ0v) is 62.6. The van der Waals surface area contributed by atoms with Gasteiger partial charge in [0.1, 0.15) is 0 Å². The number of amides is 1. The van der Waals surface area contributed by atoms with Crippen LogP contribution in [0.15, 0.2) is 36.5 Å². The van der Waals surface area contributed by atoms with Gasteiger partial charge in [-0.3, -0.25) is 9.59 Å². The van der Waals surface area contributed by atoms with Gasteiger partial charge in [-0.05, 0) is 57.8 Å². The Bertz CT molecular complexity index is 1490. The van der Waals surface area contributed by atoms with Gasteiger partial charge in [-0.2, -0.15) is 0 Å². The number of aliphatic hydroxyl groups is 2. The Labute approximate surface area is 576 Å². The number of nitrogens with one attached hydrogen (secondary N) is 1. The van der Waals surface area contributed by atoms with E-state index >= 15 is 0 Å². The van der Waals surface area contributed by atoms with Crippen molar-refractivity contribution >= 4 is 11.9 Å². The molecule has 0 bridgehead atoms. The molecule has 0 aromatic heterocycles. The molecule has 0 spiro atoms. The Hall–Kier alpha value is -1.92. The number of allylic oxidation sites excluding steroid dienone is 5. The van der Waals surface area contributed by atoms with Crippen molar-refractivity contribution in [2.75, 3.05) is 13.2 Å². The number of aliphatic hydroxyl groups excluding tert-OH is 2. The molecule has 0 aromatic carbocycles. The molecule has 0 heterocycles. The first kappa shape index (κ1) is 90.1. The van der Waals surface area contributed by atoms with E-state index in [2.05, 4.69) is 43.5 Å². The SMILES string of the molecule is CCCC/C=C\C/C=C\CCCCCCCC(=O)OCCCCCCCCCCCCCCCCCCCCCCCCCCCCCCCCCCCCCCCC(=O)NC(CO)C(O)/C=C/CCCCCCCCCCCCCCCCCCCCCCCC. The molecule has 0 saturated heterocycles. The van der Waals surface area contributed by atoms with Crippen LogP contribution >= 0.6 is 0 Å². The molecular formula is C86H165NO5. The lowest BCUT2D eigenvalue weighted by molar-refractivity contribution is -0.143. The second-order valence-electron chi connectivity index (χ2n) is 29.2. The van der Waals surface area contributed by atoms with Gasteiger partial charge in [-0.1, -0.05) is 442 Å². The van der Waals surface area contributed by atoms with Crippen molar-refractivity contribution in [2.45, 2.75) is 488 Å². The molecule has 0 aliphatic rings. The molecule has 0 aromatic rings. The van der Waals surface area contributed by atoms with Gasteiger partial charge in [0, 0.05) is 12.8 Å². The van der Waals surface area contributed by atoms with Crippen LogP contribution in [0.3, 0.4) is 0 Å². The summed E-state index contributed by atoms with van der Waals surface area (Å²) < 4.78 is 5.49. The van der Waals surface area contributed by atoms with E-state index in [1.807, 2.05) is 6.08 Å². The monoisotopic (exact) mass is 1290 g/mol. The largest absolute Gasteiger partial charge is 0.466 e. The molecule has 0 fully saturated rings. The molecule has 2 unspecified atom stereocenters. The fourth-order valence-corrected chi connectivity index (χ4v) is 13.5. The highest BCUT2D eigenvalue weighted by atomic mass is 16.5. The van der Waals surface area contributed by atoms with Crippen LogP contribution < -0.4 is 5.32 Å². The maximum atomic E-state index is 12.6. The predicted octanol–water partition coefficient (Wildman–Crippen LogP) is 28.2. The van der Waals surface area contributed by atoms with Crippen molar-refractivity contribution in [1.29, 1.82) is 0 Å². The zero-order chi connectivity index (χ0) is 66.3. The molecule has 0 rings (SSSR count). The van der Waals surface area contributed by atoms with Gasteiger partial charge in [0.2, 0.25) is 5.91 Å². The smallest absolute Gasteiger partial charge is 0.305 e. The van der Waals surface area contributed by atoms with Gasteiger partial charge in [0.05, 0.1) is 25.4 Å². The normalized spacial score (nSPS) is 12.6. The zero-order valence-electron chi connectivity index (χ0n) is 62.6. The molecule has 3 N–H and O–H groups in total. The van der Waals surface area contributed by atoms with E-state index in [0.29, 0.717) is 19.4 Å². The lowest BCUT2D eigenvalue weighted by Crippen LogP contribution is -2.45. The van der Waals surface area contributed by atoms with Crippen molar-refractivity contribution in [3.63, 3.8) is 0 Å². The molecule has 0 saturated carbocycles. The van der Waals surface area contributed by atoms with Gasteiger partial charge in [0.15, 0.2) is 0 Å². The first-order valence-corrected chi connectivity index (χ1v) is 42.3. The minimum absolute atomic E-state index is 0.00920. The first-order valence-electron chi connectivity index (χ1n) is 42.3. The van der Waals surface area contributed by atoms with Gasteiger partial charge in [-0.25, -0.2) is 0 Å². The van der Waals surface area contributed by atoms with Gasteiger partial charge < -0.3 is 20.3 Å². The molecule has 0 aliphatic heterocycles. The van der Waals surface area contributed by atoms with Crippen molar-refractivity contribution in [3.05, 3.63) is 36.5 Å². The number of hydrogen-bond acceptors (Lipinski definition) is 5. The van der Waals surface area contributed by atoms with Crippen LogP contribution in [0.5, 0.6) is 0 Å². The van der Waals surface area contributed by atoms with E-state index in [9.17, 15) is 19.8 Å². The van der Waals surface area contributed by atoms with E-state index < -0.39 is 12.1 Å². The third-order valence-electron chi connectivity index (χ3n) is 19.9. The van der Waals surface area contributed by atoms with Crippen LogP contribution in [0.25, 0.3) is 0 Å². The molecule has 6 nitrogen and oxygen atoms in total. The molecule has 544 valence electrons. The Morgan fingerprint density at radius 3 is 0.859 bits per heavy atom. The molecule has 1 amide bonds. The Balaban J connectivity index is 3.33. The average Bonchev–Trinajstić information content (AvgIpc) is 3.66. The van der Waals surface area contributed by atoms with E-state index in [-0.39, 0.29) is 18.5 Å². The van der Waals surface area contributed by atoms with Crippen molar-refractivity contribution in [2.24, 2.45) is 0 Å². The molecule has 92 heavy (non-hydrogen) atoms. The topological polar surface area (TPSA) is 95.9 Å². The summed E-state index contributed by atoms with van der Waals surface area (Å²) in [7, 11) is 0. The van der Waals surface area contributed by atoms with E-state index in [0.717, 1.165) is 51.4 Å². The van der Waals surface area contributed by atoms with E-state index in [4.69, 9.17) is 4.74 Å². The number of unbranched alkanes of at least 4 members (excludes halogenated alkanes) is 65. The maximum Gasteiger partial charge on any atom is 0.305 e. The minimum Gasteiger partial charge on any atom is -0.466 e. The lowest BCUT2D eigenvalue weighted by Gasteiger charge is -2.20. The number of esters is 1. The fourth-order valence-electron chi connectivity index (χ4n) is 13.5. The number of hydrogen-bond donors (Lipinski definition) is 3. The summed E-state index contributed by atoms with van der Waals surface area (Å²) in [5.41, 5.74) is 0. The van der Waals surface area contributed by atoms with E-state index in [1.54, 1.807) is 6.08 Å². The highest BCUT2D eigenvalue weighted by Gasteiger charge is 2.18. The minimum atomic E-state index is -0.842. The highest BCUT2D eigenvalue weighted by Crippen LogP contribution is 2.21. The summed E-state index contributed by atoms with van der Waals surface area (Å²) >= 11 is 0. The van der Waals surface area contributed by atoms with Gasteiger partial charge in [0.25, 0.3) is 0 Å². The fraction of sp³-hybridized carbons (Fsp3) is 0.907. The van der Waals surface area contributed by atoms with Gasteiger partial charge >= 0.3 is 5.97 Å². The lowest BCUT2D eigenvalue weighted by atomic mass is 10.0.